The van der Waals surface area contributed by atoms with Gasteiger partial charge in [0.15, 0.2) is 18.2 Å². The summed E-state index contributed by atoms with van der Waals surface area (Å²) in [5.41, 5.74) is 0.475. The Kier molecular flexibility index (Phi) is 6.39. The third kappa shape index (κ3) is 4.28. The van der Waals surface area contributed by atoms with Crippen molar-refractivity contribution in [1.29, 1.82) is 0 Å². The molecule has 4 heterocycles. The molecule has 0 unspecified atom stereocenters. The molecule has 0 aromatic heterocycles. The molecule has 0 radical (unpaired) electrons. The average Bonchev–Trinajstić information content (AvgIpc) is 3.05. The summed E-state index contributed by atoms with van der Waals surface area (Å²) in [7, 11) is 0. The van der Waals surface area contributed by atoms with Crippen LogP contribution in [0.5, 0.6) is 0 Å². The summed E-state index contributed by atoms with van der Waals surface area (Å²) in [6, 6.07) is 9.60. The number of hydrogen-bond acceptors (Lipinski definition) is 6. The predicted octanol–water partition coefficient (Wildman–Crippen LogP) is 3.71. The van der Waals surface area contributed by atoms with E-state index >= 15 is 0 Å². The fraction of sp³-hybridized carbons (Fsp3) is 0.720. The van der Waals surface area contributed by atoms with Crippen LogP contribution in [0.25, 0.3) is 0 Å². The van der Waals surface area contributed by atoms with Crippen molar-refractivity contribution in [2.45, 2.75) is 77.0 Å². The summed E-state index contributed by atoms with van der Waals surface area (Å²) in [4.78, 5) is 24.1. The average molecular weight is 461 g/mol. The van der Waals surface area contributed by atoms with E-state index < -0.39 is 24.0 Å². The molecule has 8 heteroatoms. The lowest BCUT2D eigenvalue weighted by molar-refractivity contribution is -0.577. The fourth-order valence-electron chi connectivity index (χ4n) is 6.24. The highest BCUT2D eigenvalue weighted by Crippen LogP contribution is 2.60. The highest BCUT2D eigenvalue weighted by atomic mass is 17.3. The molecular weight excluding hydrogens is 424 g/mol. The Morgan fingerprint density at radius 2 is 1.91 bits per heavy atom. The van der Waals surface area contributed by atoms with Crippen LogP contribution >= 0.6 is 0 Å². The number of carbonyl (C=O) groups excluding carboxylic acids is 1. The number of fused-ring (bicyclic) bond motifs is 2. The third-order valence-corrected chi connectivity index (χ3v) is 8.06. The van der Waals surface area contributed by atoms with E-state index in [9.17, 15) is 4.79 Å². The summed E-state index contributed by atoms with van der Waals surface area (Å²) in [6.07, 6.45) is 3.05. The minimum absolute atomic E-state index is 0.123. The fourth-order valence-corrected chi connectivity index (χ4v) is 6.24. The largest absolute Gasteiger partial charge is 0.350 e. The molecular formula is C25H36N2O6. The summed E-state index contributed by atoms with van der Waals surface area (Å²) in [6.45, 7) is 7.62. The Bertz CT molecular complexity index is 839. The minimum atomic E-state index is -0.791. The molecule has 2 bridgehead atoms. The highest BCUT2D eigenvalue weighted by molar-refractivity contribution is 5.73. The van der Waals surface area contributed by atoms with E-state index in [1.165, 1.54) is 0 Å². The molecule has 5 fully saturated rings. The molecule has 1 aromatic rings. The normalized spacial score (nSPS) is 41.7. The van der Waals surface area contributed by atoms with Crippen LogP contribution in [-0.4, -0.2) is 43.2 Å². The zero-order chi connectivity index (χ0) is 23.1. The Balaban J connectivity index is 1.16. The van der Waals surface area contributed by atoms with Crippen molar-refractivity contribution in [2.75, 3.05) is 13.2 Å². The van der Waals surface area contributed by atoms with Crippen molar-refractivity contribution in [2.24, 2.45) is 23.7 Å². The standard InChI is InChI=1S/C25H36N2O6/c1-16-9-10-20-17(2)21(29-14-13-26-23(28)27-15-18-7-5-4-6-8-18)30-22-25(20)19(16)11-12-24(3,31-22)32-33-25/h4-8,16-17,19-22H,9-15H2,1-3H3,(H2,26,27,28)/t16-,17-,19+,20+,21+,22-,24+,25-/m1/s1. The van der Waals surface area contributed by atoms with Gasteiger partial charge in [0.1, 0.15) is 0 Å². The topological polar surface area (TPSA) is 87.3 Å². The lowest BCUT2D eigenvalue weighted by atomic mass is 9.58. The molecule has 6 rings (SSSR count). The molecule has 1 saturated carbocycles. The molecule has 2 amide bonds. The van der Waals surface area contributed by atoms with Gasteiger partial charge in [-0.3, -0.25) is 0 Å². The maximum atomic E-state index is 12.1. The number of benzene rings is 1. The molecule has 8 nitrogen and oxygen atoms in total. The number of hydrogen-bond donors (Lipinski definition) is 2. The lowest BCUT2D eigenvalue weighted by Crippen LogP contribution is -2.70. The molecule has 4 saturated heterocycles. The van der Waals surface area contributed by atoms with Crippen LogP contribution in [0.3, 0.4) is 0 Å². The Morgan fingerprint density at radius 3 is 2.73 bits per heavy atom. The number of urea groups is 1. The van der Waals surface area contributed by atoms with E-state index in [4.69, 9.17) is 24.0 Å². The molecule has 8 atom stereocenters. The maximum Gasteiger partial charge on any atom is 0.315 e. The smallest absolute Gasteiger partial charge is 0.315 e. The summed E-state index contributed by atoms with van der Waals surface area (Å²) < 4.78 is 18.8. The summed E-state index contributed by atoms with van der Waals surface area (Å²) in [5, 5.41) is 5.71. The second-order valence-electron chi connectivity index (χ2n) is 10.2. The van der Waals surface area contributed by atoms with Gasteiger partial charge in [-0.25, -0.2) is 14.6 Å². The van der Waals surface area contributed by atoms with Crippen LogP contribution in [0.4, 0.5) is 4.79 Å². The second-order valence-corrected chi connectivity index (χ2v) is 10.2. The first-order chi connectivity index (χ1) is 15.9. The molecule has 1 spiro atoms. The predicted molar refractivity (Wildman–Crippen MR) is 119 cm³/mol. The van der Waals surface area contributed by atoms with Crippen LogP contribution in [0.15, 0.2) is 30.3 Å². The van der Waals surface area contributed by atoms with Gasteiger partial charge in [-0.2, -0.15) is 0 Å². The molecule has 2 N–H and O–H groups in total. The van der Waals surface area contributed by atoms with Crippen LogP contribution in [0, 0.1) is 23.7 Å². The second kappa shape index (κ2) is 9.15. The monoisotopic (exact) mass is 460 g/mol. The summed E-state index contributed by atoms with van der Waals surface area (Å²) in [5.74, 6) is 0.429. The van der Waals surface area contributed by atoms with Crippen molar-refractivity contribution in [3.8, 4) is 0 Å². The molecule has 5 aliphatic rings. The molecule has 4 aliphatic heterocycles. The van der Waals surface area contributed by atoms with E-state index in [-0.39, 0.29) is 17.9 Å². The van der Waals surface area contributed by atoms with Crippen molar-refractivity contribution >= 4 is 6.03 Å². The van der Waals surface area contributed by atoms with E-state index in [0.717, 1.165) is 31.2 Å². The van der Waals surface area contributed by atoms with Crippen molar-refractivity contribution < 1.29 is 28.8 Å². The zero-order valence-corrected chi connectivity index (χ0v) is 19.8. The first kappa shape index (κ1) is 23.1. The highest BCUT2D eigenvalue weighted by Gasteiger charge is 2.69. The minimum Gasteiger partial charge on any atom is -0.350 e. The van der Waals surface area contributed by atoms with Gasteiger partial charge in [-0.1, -0.05) is 44.2 Å². The summed E-state index contributed by atoms with van der Waals surface area (Å²) >= 11 is 0. The number of amides is 2. The van der Waals surface area contributed by atoms with Gasteiger partial charge < -0.3 is 24.8 Å². The van der Waals surface area contributed by atoms with Crippen molar-refractivity contribution in [3.63, 3.8) is 0 Å². The number of nitrogens with one attached hydrogen (secondary N) is 2. The van der Waals surface area contributed by atoms with E-state index in [0.29, 0.717) is 31.5 Å². The van der Waals surface area contributed by atoms with Crippen LogP contribution in [0.2, 0.25) is 0 Å². The Morgan fingerprint density at radius 1 is 1.09 bits per heavy atom. The molecule has 182 valence electrons. The first-order valence-corrected chi connectivity index (χ1v) is 12.3. The van der Waals surface area contributed by atoms with Gasteiger partial charge in [-0.15, -0.1) is 0 Å². The van der Waals surface area contributed by atoms with Gasteiger partial charge >= 0.3 is 6.03 Å². The SMILES string of the molecule is C[C@H]1[C@@H](OCCNC(=O)NCc2ccccc2)O[C@@H]2O[C@]3(C)CC[C@H]4[C@H](C)CC[C@@H]1[C@@]24OO3. The Hall–Kier alpha value is -1.71. The van der Waals surface area contributed by atoms with Gasteiger partial charge in [0.05, 0.1) is 6.61 Å². The van der Waals surface area contributed by atoms with Crippen molar-refractivity contribution in [3.05, 3.63) is 35.9 Å². The number of rotatable bonds is 6. The quantitative estimate of drug-likeness (QED) is 0.497. The van der Waals surface area contributed by atoms with Gasteiger partial charge in [-0.05, 0) is 43.6 Å². The Labute approximate surface area is 195 Å². The van der Waals surface area contributed by atoms with Gasteiger partial charge in [0.25, 0.3) is 0 Å². The zero-order valence-electron chi connectivity index (χ0n) is 19.8. The number of carbonyl (C=O) groups is 1. The van der Waals surface area contributed by atoms with Gasteiger partial charge in [0.2, 0.25) is 5.79 Å². The van der Waals surface area contributed by atoms with Crippen LogP contribution in [-0.2, 0) is 30.5 Å². The van der Waals surface area contributed by atoms with E-state index in [1.807, 2.05) is 37.3 Å². The maximum absolute atomic E-state index is 12.1. The first-order valence-electron chi connectivity index (χ1n) is 12.3. The third-order valence-electron chi connectivity index (χ3n) is 8.06. The molecule has 1 aliphatic carbocycles. The van der Waals surface area contributed by atoms with E-state index in [1.54, 1.807) is 0 Å². The van der Waals surface area contributed by atoms with E-state index in [2.05, 4.69) is 24.5 Å². The van der Waals surface area contributed by atoms with Crippen molar-refractivity contribution in [1.82, 2.24) is 10.6 Å². The van der Waals surface area contributed by atoms with Gasteiger partial charge in [0, 0.05) is 31.3 Å². The van der Waals surface area contributed by atoms with Crippen LogP contribution < -0.4 is 10.6 Å². The number of ether oxygens (including phenoxy) is 3. The molecule has 33 heavy (non-hydrogen) atoms. The molecule has 1 aromatic carbocycles. The van der Waals surface area contributed by atoms with Crippen LogP contribution in [0.1, 0.15) is 52.0 Å². The lowest BCUT2D eigenvalue weighted by Gasteiger charge is -2.60.